The predicted octanol–water partition coefficient (Wildman–Crippen LogP) is 5.75. The summed E-state index contributed by atoms with van der Waals surface area (Å²) in [6.45, 7) is 11.8. The van der Waals surface area contributed by atoms with Crippen LogP contribution in [0.5, 0.6) is 5.75 Å². The lowest BCUT2D eigenvalue weighted by Crippen LogP contribution is -2.38. The summed E-state index contributed by atoms with van der Waals surface area (Å²) in [7, 11) is 0. The largest absolute Gasteiger partial charge is 0.494 e. The van der Waals surface area contributed by atoms with E-state index in [1.807, 2.05) is 79.2 Å². The van der Waals surface area contributed by atoms with Gasteiger partial charge in [-0.2, -0.15) is 0 Å². The number of aryl methyl sites for hydroxylation is 1. The Hall–Kier alpha value is -4.24. The van der Waals surface area contributed by atoms with E-state index < -0.39 is 6.04 Å². The zero-order chi connectivity index (χ0) is 28.3. The van der Waals surface area contributed by atoms with Crippen molar-refractivity contribution >= 4 is 10.9 Å². The Labute approximate surface area is 233 Å². The van der Waals surface area contributed by atoms with E-state index in [4.69, 9.17) is 9.15 Å². The van der Waals surface area contributed by atoms with Crippen LogP contribution in [0.2, 0.25) is 0 Å². The van der Waals surface area contributed by atoms with Crippen LogP contribution in [-0.4, -0.2) is 36.7 Å². The number of aromatic nitrogens is 5. The smallest absolute Gasteiger partial charge is 0.253 e. The molecule has 0 aliphatic heterocycles. The average Bonchev–Trinajstić information content (AvgIpc) is 3.63. The summed E-state index contributed by atoms with van der Waals surface area (Å²) in [6, 6.07) is 19.3. The third kappa shape index (κ3) is 5.70. The number of H-pyrrole nitrogens is 1. The fourth-order valence-corrected chi connectivity index (χ4v) is 4.91. The minimum atomic E-state index is -0.563. The molecule has 0 saturated carbocycles. The van der Waals surface area contributed by atoms with Crippen LogP contribution < -0.4 is 10.3 Å². The third-order valence-corrected chi connectivity index (χ3v) is 7.43. The summed E-state index contributed by atoms with van der Waals surface area (Å²) in [5.74, 6) is 2.19. The molecule has 40 heavy (non-hydrogen) atoms. The second-order valence-electron chi connectivity index (χ2n) is 10.7. The van der Waals surface area contributed by atoms with Gasteiger partial charge >= 0.3 is 0 Å². The van der Waals surface area contributed by atoms with E-state index in [0.717, 1.165) is 40.0 Å². The van der Waals surface area contributed by atoms with Crippen molar-refractivity contribution < 1.29 is 9.15 Å². The zero-order valence-electron chi connectivity index (χ0n) is 23.7. The van der Waals surface area contributed by atoms with Gasteiger partial charge in [-0.05, 0) is 97.5 Å². The molecular weight excluding hydrogens is 504 g/mol. The average molecular weight is 541 g/mol. The second kappa shape index (κ2) is 11.5. The molecule has 9 heteroatoms. The Morgan fingerprint density at radius 2 is 1.88 bits per heavy atom. The fourth-order valence-electron chi connectivity index (χ4n) is 4.91. The number of nitrogens with zero attached hydrogens (tertiary/aromatic N) is 5. The van der Waals surface area contributed by atoms with Gasteiger partial charge in [-0.3, -0.25) is 9.69 Å². The molecule has 1 atom stereocenters. The minimum Gasteiger partial charge on any atom is -0.494 e. The highest BCUT2D eigenvalue weighted by molar-refractivity contribution is 5.79. The van der Waals surface area contributed by atoms with Gasteiger partial charge in [-0.15, -0.1) is 5.10 Å². The molecule has 1 N–H and O–H groups in total. The summed E-state index contributed by atoms with van der Waals surface area (Å²) in [5, 5.41) is 14.0. The normalized spacial score (nSPS) is 12.8. The van der Waals surface area contributed by atoms with Crippen molar-refractivity contribution in [3.63, 3.8) is 0 Å². The monoisotopic (exact) mass is 540 g/mol. The van der Waals surface area contributed by atoms with Crippen molar-refractivity contribution in [2.75, 3.05) is 6.61 Å². The number of tetrazole rings is 1. The van der Waals surface area contributed by atoms with E-state index in [-0.39, 0.29) is 11.1 Å². The van der Waals surface area contributed by atoms with Gasteiger partial charge in [0, 0.05) is 17.6 Å². The first-order chi connectivity index (χ1) is 19.3. The molecule has 2 aromatic carbocycles. The van der Waals surface area contributed by atoms with Crippen molar-refractivity contribution in [1.29, 1.82) is 0 Å². The summed E-state index contributed by atoms with van der Waals surface area (Å²) < 4.78 is 13.3. The number of pyridine rings is 1. The summed E-state index contributed by atoms with van der Waals surface area (Å²) >= 11 is 0. The molecule has 0 aliphatic carbocycles. The molecule has 0 amide bonds. The van der Waals surface area contributed by atoms with Crippen LogP contribution in [0.25, 0.3) is 10.9 Å². The van der Waals surface area contributed by atoms with Crippen LogP contribution in [0.15, 0.2) is 76.1 Å². The Kier molecular flexibility index (Phi) is 7.84. The lowest BCUT2D eigenvalue weighted by atomic mass is 9.98. The van der Waals surface area contributed by atoms with Crippen LogP contribution in [0.4, 0.5) is 0 Å². The van der Waals surface area contributed by atoms with Gasteiger partial charge in [0.1, 0.15) is 17.6 Å². The number of hydrogen-bond acceptors (Lipinski definition) is 7. The van der Waals surface area contributed by atoms with Gasteiger partial charge in [-0.1, -0.05) is 31.2 Å². The van der Waals surface area contributed by atoms with Crippen molar-refractivity contribution in [2.24, 2.45) is 0 Å². The predicted molar refractivity (Wildman–Crippen MR) is 154 cm³/mol. The highest BCUT2D eigenvalue weighted by Gasteiger charge is 2.35. The van der Waals surface area contributed by atoms with E-state index in [1.165, 1.54) is 0 Å². The number of hydrogen-bond donors (Lipinski definition) is 1. The lowest BCUT2D eigenvalue weighted by molar-refractivity contribution is 0.168. The van der Waals surface area contributed by atoms with Crippen LogP contribution in [0, 0.1) is 6.92 Å². The first-order valence-electron chi connectivity index (χ1n) is 13.7. The fraction of sp³-hybridized carbons (Fsp3) is 0.355. The van der Waals surface area contributed by atoms with Crippen LogP contribution in [0.3, 0.4) is 0 Å². The van der Waals surface area contributed by atoms with Crippen molar-refractivity contribution in [3.8, 4) is 5.75 Å². The lowest BCUT2D eigenvalue weighted by Gasteiger charge is -2.33. The quantitative estimate of drug-likeness (QED) is 0.228. The number of furan rings is 1. The molecule has 5 rings (SSSR count). The van der Waals surface area contributed by atoms with Gasteiger partial charge in [0.05, 0.1) is 25.0 Å². The maximum atomic E-state index is 13.8. The molecule has 3 aromatic heterocycles. The van der Waals surface area contributed by atoms with Crippen molar-refractivity contribution in [3.05, 3.63) is 106 Å². The number of aromatic amines is 1. The van der Waals surface area contributed by atoms with Crippen LogP contribution in [0.1, 0.15) is 68.4 Å². The van der Waals surface area contributed by atoms with E-state index in [0.29, 0.717) is 31.1 Å². The molecule has 0 saturated heterocycles. The first-order valence-corrected chi connectivity index (χ1v) is 13.7. The van der Waals surface area contributed by atoms with Gasteiger partial charge in [-0.25, -0.2) is 4.68 Å². The highest BCUT2D eigenvalue weighted by atomic mass is 16.5. The SMILES string of the molecule is CCOc1ccc(CN(Cc2ccco2)C(c2cc3ccc(C)cc3[nH]c2=O)c2nnnn2C(C)(C)CC)cc1. The number of benzene rings is 2. The van der Waals surface area contributed by atoms with Gasteiger partial charge in [0.25, 0.3) is 5.56 Å². The van der Waals surface area contributed by atoms with Crippen molar-refractivity contribution in [1.82, 2.24) is 30.1 Å². The second-order valence-corrected chi connectivity index (χ2v) is 10.7. The van der Waals surface area contributed by atoms with Crippen molar-refractivity contribution in [2.45, 2.75) is 65.7 Å². The molecule has 5 aromatic rings. The van der Waals surface area contributed by atoms with E-state index in [9.17, 15) is 4.79 Å². The molecule has 0 radical (unpaired) electrons. The first kappa shape index (κ1) is 27.3. The Morgan fingerprint density at radius 1 is 1.07 bits per heavy atom. The van der Waals surface area contributed by atoms with E-state index in [2.05, 4.69) is 46.2 Å². The van der Waals surface area contributed by atoms with Crippen LogP contribution >= 0.6 is 0 Å². The van der Waals surface area contributed by atoms with Gasteiger partial charge in [0.15, 0.2) is 5.82 Å². The Balaban J connectivity index is 1.69. The topological polar surface area (TPSA) is 102 Å². The Morgan fingerprint density at radius 3 is 2.58 bits per heavy atom. The molecule has 0 fully saturated rings. The standard InChI is InChI=1S/C31H36N6O3/c1-6-31(4,5)37-29(33-34-35-37)28(26-18-23-13-10-21(3)17-27(23)32-30(26)38)36(20-25-9-8-16-40-25)19-22-11-14-24(15-12-22)39-7-2/h8-18,28H,6-7,19-20H2,1-5H3,(H,32,38). The maximum absolute atomic E-state index is 13.8. The zero-order valence-corrected chi connectivity index (χ0v) is 23.7. The van der Waals surface area contributed by atoms with Gasteiger partial charge in [0.2, 0.25) is 0 Å². The van der Waals surface area contributed by atoms with E-state index in [1.54, 1.807) is 6.26 Å². The third-order valence-electron chi connectivity index (χ3n) is 7.43. The number of ether oxygens (including phenoxy) is 1. The molecule has 1 unspecified atom stereocenters. The van der Waals surface area contributed by atoms with Gasteiger partial charge < -0.3 is 14.1 Å². The Bertz CT molecular complexity index is 1620. The number of nitrogens with one attached hydrogen (secondary N) is 1. The minimum absolute atomic E-state index is 0.178. The summed E-state index contributed by atoms with van der Waals surface area (Å²) in [4.78, 5) is 19.1. The van der Waals surface area contributed by atoms with Crippen LogP contribution in [-0.2, 0) is 18.6 Å². The molecule has 208 valence electrons. The molecule has 0 spiro atoms. The van der Waals surface area contributed by atoms with E-state index >= 15 is 0 Å². The summed E-state index contributed by atoms with van der Waals surface area (Å²) in [6.07, 6.45) is 2.47. The maximum Gasteiger partial charge on any atom is 0.253 e. The molecule has 3 heterocycles. The highest BCUT2D eigenvalue weighted by Crippen LogP contribution is 2.33. The summed E-state index contributed by atoms with van der Waals surface area (Å²) in [5.41, 5.74) is 2.95. The molecule has 9 nitrogen and oxygen atoms in total. The molecule has 0 bridgehead atoms. The number of fused-ring (bicyclic) bond motifs is 1. The number of rotatable bonds is 11. The molecular formula is C31H36N6O3. The molecule has 0 aliphatic rings.